The van der Waals surface area contributed by atoms with Crippen LogP contribution in [0.15, 0.2) is 35.5 Å². The monoisotopic (exact) mass is 498 g/mol. The molecule has 0 amide bonds. The number of hydrogen-bond donors (Lipinski definition) is 3. The number of ether oxygens (including phenoxy) is 3. The van der Waals surface area contributed by atoms with E-state index in [9.17, 15) is 19.8 Å². The Morgan fingerprint density at radius 1 is 1.03 bits per heavy atom. The molecule has 0 heterocycles. The van der Waals surface area contributed by atoms with Gasteiger partial charge in [-0.25, -0.2) is 4.79 Å². The van der Waals surface area contributed by atoms with Gasteiger partial charge in [0.15, 0.2) is 6.10 Å². The van der Waals surface area contributed by atoms with Gasteiger partial charge in [0, 0.05) is 32.3 Å². The summed E-state index contributed by atoms with van der Waals surface area (Å²) in [5.41, 5.74) is 1.98. The molecule has 0 aromatic heterocycles. The van der Waals surface area contributed by atoms with Crippen molar-refractivity contribution in [2.75, 3.05) is 27.4 Å². The number of allylic oxidation sites excluding steroid dienone is 4. The van der Waals surface area contributed by atoms with Gasteiger partial charge in [0.2, 0.25) is 0 Å². The summed E-state index contributed by atoms with van der Waals surface area (Å²) >= 11 is 0. The Morgan fingerprint density at radius 2 is 1.69 bits per heavy atom. The van der Waals surface area contributed by atoms with Crippen LogP contribution < -0.4 is 0 Å². The first kappa shape index (κ1) is 33.0. The molecule has 0 aliphatic rings. The first-order valence-electron chi connectivity index (χ1n) is 12.2. The molecule has 0 spiro atoms. The van der Waals surface area contributed by atoms with Gasteiger partial charge in [0.05, 0.1) is 19.6 Å². The van der Waals surface area contributed by atoms with Gasteiger partial charge in [-0.05, 0) is 51.9 Å². The Hall–Kier alpha value is -2.00. The zero-order valence-corrected chi connectivity index (χ0v) is 22.4. The molecular formula is C27H46O8. The van der Waals surface area contributed by atoms with Gasteiger partial charge in [0.1, 0.15) is 6.10 Å². The number of aliphatic hydroxyl groups is 3. The van der Waals surface area contributed by atoms with Crippen LogP contribution in [0.3, 0.4) is 0 Å². The molecular weight excluding hydrogens is 452 g/mol. The van der Waals surface area contributed by atoms with Crippen molar-refractivity contribution in [3.63, 3.8) is 0 Å². The van der Waals surface area contributed by atoms with Crippen LogP contribution in [0.2, 0.25) is 0 Å². The fraction of sp³-hybridized carbons (Fsp3) is 0.704. The highest BCUT2D eigenvalue weighted by atomic mass is 16.6. The number of esters is 2. The normalized spacial score (nSPS) is 18.0. The number of aliphatic hydroxyl groups excluding tert-OH is 3. The molecule has 0 rings (SSSR count). The van der Waals surface area contributed by atoms with Crippen LogP contribution in [0, 0.1) is 17.8 Å². The Labute approximate surface area is 210 Å². The topological polar surface area (TPSA) is 123 Å². The van der Waals surface area contributed by atoms with E-state index in [0.717, 1.165) is 6.42 Å². The number of methoxy groups -OCH3 is 2. The standard InChI is InChI=1S/C27H46O8/c1-8-18(2)13-20(4)14-21(5)26(32)27(23(33-6)16-25(31)34-7)35-24(30)10-9-19(3)15-22(17-29)11-12-28/h8-10,15,20-23,26-29,32H,11-14,16-17H2,1-7H3/b10-9+,18-8+,19-15+/t20-,21-,22+,23+,26-,27+/m0/s1. The molecule has 0 aliphatic heterocycles. The van der Waals surface area contributed by atoms with Crippen molar-refractivity contribution < 1.29 is 39.1 Å². The maximum absolute atomic E-state index is 12.6. The van der Waals surface area contributed by atoms with Gasteiger partial charge in [-0.15, -0.1) is 0 Å². The zero-order chi connectivity index (χ0) is 27.0. The van der Waals surface area contributed by atoms with Crippen LogP contribution in [0.5, 0.6) is 0 Å². The predicted molar refractivity (Wildman–Crippen MR) is 135 cm³/mol. The molecule has 0 bridgehead atoms. The minimum Gasteiger partial charge on any atom is -0.469 e. The summed E-state index contributed by atoms with van der Waals surface area (Å²) in [6.07, 6.45) is 5.40. The lowest BCUT2D eigenvalue weighted by Crippen LogP contribution is -2.46. The highest BCUT2D eigenvalue weighted by Gasteiger charge is 2.36. The molecule has 8 heteroatoms. The molecule has 202 valence electrons. The van der Waals surface area contributed by atoms with Gasteiger partial charge < -0.3 is 29.5 Å². The molecule has 0 unspecified atom stereocenters. The molecule has 35 heavy (non-hydrogen) atoms. The first-order valence-corrected chi connectivity index (χ1v) is 12.2. The third-order valence-corrected chi connectivity index (χ3v) is 6.09. The summed E-state index contributed by atoms with van der Waals surface area (Å²) in [6, 6.07) is 0. The summed E-state index contributed by atoms with van der Waals surface area (Å²) in [7, 11) is 2.65. The Balaban J connectivity index is 5.60. The third-order valence-electron chi connectivity index (χ3n) is 6.09. The molecule has 3 N–H and O–H groups in total. The molecule has 8 nitrogen and oxygen atoms in total. The molecule has 0 saturated carbocycles. The van der Waals surface area contributed by atoms with Gasteiger partial charge in [-0.1, -0.05) is 43.2 Å². The summed E-state index contributed by atoms with van der Waals surface area (Å²) in [5, 5.41) is 29.6. The minimum atomic E-state index is -1.08. The average Bonchev–Trinajstić information content (AvgIpc) is 2.83. The molecule has 0 aliphatic carbocycles. The fourth-order valence-electron chi connectivity index (χ4n) is 3.99. The van der Waals surface area contributed by atoms with Crippen molar-refractivity contribution in [1.29, 1.82) is 0 Å². The molecule has 6 atom stereocenters. The fourth-order valence-corrected chi connectivity index (χ4v) is 3.99. The first-order chi connectivity index (χ1) is 16.5. The van der Waals surface area contributed by atoms with E-state index in [4.69, 9.17) is 19.3 Å². The van der Waals surface area contributed by atoms with E-state index in [1.165, 1.54) is 25.9 Å². The second kappa shape index (κ2) is 18.3. The molecule has 0 radical (unpaired) electrons. The van der Waals surface area contributed by atoms with E-state index in [2.05, 4.69) is 19.9 Å². The van der Waals surface area contributed by atoms with Gasteiger partial charge in [0.25, 0.3) is 0 Å². The second-order valence-corrected chi connectivity index (χ2v) is 9.30. The predicted octanol–water partition coefficient (Wildman–Crippen LogP) is 3.35. The van der Waals surface area contributed by atoms with Crippen molar-refractivity contribution >= 4 is 11.9 Å². The Morgan fingerprint density at radius 3 is 2.20 bits per heavy atom. The maximum atomic E-state index is 12.6. The SMILES string of the molecule is C/C=C(\C)C[C@H](C)C[C@H](C)[C@H](O)[C@H](OC(=O)/C=C/C(C)=C/[C@H](CO)CCO)[C@@H](CC(=O)OC)OC. The van der Waals surface area contributed by atoms with Crippen molar-refractivity contribution in [2.45, 2.75) is 78.6 Å². The maximum Gasteiger partial charge on any atom is 0.331 e. The Bertz CT molecular complexity index is 712. The van der Waals surface area contributed by atoms with E-state index in [-0.39, 0.29) is 31.5 Å². The lowest BCUT2D eigenvalue weighted by atomic mass is 9.85. The van der Waals surface area contributed by atoms with Crippen molar-refractivity contribution in [3.05, 3.63) is 35.5 Å². The van der Waals surface area contributed by atoms with Crippen LogP contribution in [0.25, 0.3) is 0 Å². The summed E-state index contributed by atoms with van der Waals surface area (Å²) in [4.78, 5) is 24.5. The summed E-state index contributed by atoms with van der Waals surface area (Å²) < 4.78 is 15.8. The van der Waals surface area contributed by atoms with E-state index in [0.29, 0.717) is 24.3 Å². The molecule has 0 aromatic rings. The van der Waals surface area contributed by atoms with Gasteiger partial charge in [-0.2, -0.15) is 0 Å². The van der Waals surface area contributed by atoms with Crippen LogP contribution >= 0.6 is 0 Å². The molecule has 0 aromatic carbocycles. The van der Waals surface area contributed by atoms with Crippen LogP contribution in [0.4, 0.5) is 0 Å². The highest BCUT2D eigenvalue weighted by molar-refractivity contribution is 5.82. The lowest BCUT2D eigenvalue weighted by Gasteiger charge is -2.33. The van der Waals surface area contributed by atoms with E-state index < -0.39 is 30.3 Å². The number of hydrogen-bond acceptors (Lipinski definition) is 8. The van der Waals surface area contributed by atoms with Gasteiger partial charge >= 0.3 is 11.9 Å². The highest BCUT2D eigenvalue weighted by Crippen LogP contribution is 2.26. The van der Waals surface area contributed by atoms with Gasteiger partial charge in [-0.3, -0.25) is 4.79 Å². The second-order valence-electron chi connectivity index (χ2n) is 9.30. The largest absolute Gasteiger partial charge is 0.469 e. The van der Waals surface area contributed by atoms with E-state index in [1.807, 2.05) is 13.8 Å². The number of carbonyl (C=O) groups excluding carboxylic acids is 2. The van der Waals surface area contributed by atoms with Crippen molar-refractivity contribution in [3.8, 4) is 0 Å². The van der Waals surface area contributed by atoms with Crippen LogP contribution in [-0.4, -0.2) is 73.0 Å². The quantitative estimate of drug-likeness (QED) is 0.121. The third kappa shape index (κ3) is 13.6. The van der Waals surface area contributed by atoms with Crippen molar-refractivity contribution in [1.82, 2.24) is 0 Å². The minimum absolute atomic E-state index is 0.0516. The van der Waals surface area contributed by atoms with Crippen LogP contribution in [-0.2, 0) is 23.8 Å². The van der Waals surface area contributed by atoms with Crippen LogP contribution in [0.1, 0.15) is 60.3 Å². The summed E-state index contributed by atoms with van der Waals surface area (Å²) in [6.45, 7) is 9.65. The zero-order valence-electron chi connectivity index (χ0n) is 22.4. The average molecular weight is 499 g/mol. The number of rotatable bonds is 17. The smallest absolute Gasteiger partial charge is 0.331 e. The summed E-state index contributed by atoms with van der Waals surface area (Å²) in [5.74, 6) is -1.37. The Kier molecular flexibility index (Phi) is 17.2. The molecule has 0 fully saturated rings. The lowest BCUT2D eigenvalue weighted by molar-refractivity contribution is -0.170. The van der Waals surface area contributed by atoms with Crippen molar-refractivity contribution in [2.24, 2.45) is 17.8 Å². The van der Waals surface area contributed by atoms with E-state index in [1.54, 1.807) is 19.1 Å². The van der Waals surface area contributed by atoms with E-state index >= 15 is 0 Å². The number of carbonyl (C=O) groups is 2. The molecule has 0 saturated heterocycles.